The number of ether oxygens (including phenoxy) is 7. The summed E-state index contributed by atoms with van der Waals surface area (Å²) >= 11 is 0. The van der Waals surface area contributed by atoms with Gasteiger partial charge in [-0.3, -0.25) is 4.79 Å². The van der Waals surface area contributed by atoms with E-state index in [1.807, 2.05) is 41.5 Å². The monoisotopic (exact) mass is 715 g/mol. The van der Waals surface area contributed by atoms with Crippen molar-refractivity contribution in [3.05, 3.63) is 11.3 Å². The molecule has 4 heterocycles. The SMILES string of the molecule is CCNC1CC(C)O[C@@H](O[C@@H]2[C@@H](C)[C@H](O[C@H]3CC(C)(OC)[C@@H](O)C(C)O3)[C@@H](C)C(=O)O[C@@H]([C@](C)(O)[C@H](O)CC)[C@@H](C)C3=C(C)CC2(C)O3)C1O. The minimum atomic E-state index is -1.82. The molecule has 2 bridgehead atoms. The highest BCUT2D eigenvalue weighted by molar-refractivity contribution is 5.73. The summed E-state index contributed by atoms with van der Waals surface area (Å²) in [4.78, 5) is 14.3. The van der Waals surface area contributed by atoms with Gasteiger partial charge in [-0.1, -0.05) is 27.7 Å². The van der Waals surface area contributed by atoms with Gasteiger partial charge in [0.1, 0.15) is 41.4 Å². The van der Waals surface area contributed by atoms with Crippen molar-refractivity contribution < 1.29 is 58.4 Å². The zero-order valence-corrected chi connectivity index (χ0v) is 32.2. The summed E-state index contributed by atoms with van der Waals surface area (Å²) in [7, 11) is 1.53. The van der Waals surface area contributed by atoms with Crippen LogP contribution < -0.4 is 5.32 Å². The molecule has 0 aliphatic carbocycles. The molecule has 0 aromatic carbocycles. The van der Waals surface area contributed by atoms with Gasteiger partial charge in [-0.25, -0.2) is 0 Å². The summed E-state index contributed by atoms with van der Waals surface area (Å²) in [5, 5.41) is 48.5. The molecule has 0 amide bonds. The number of aliphatic hydroxyl groups is 4. The number of carbonyl (C=O) groups excluding carboxylic acids is 1. The van der Waals surface area contributed by atoms with Gasteiger partial charge in [0.2, 0.25) is 0 Å². The van der Waals surface area contributed by atoms with Crippen molar-refractivity contribution in [2.24, 2.45) is 17.8 Å². The van der Waals surface area contributed by atoms with Crippen molar-refractivity contribution in [1.29, 1.82) is 0 Å². The molecule has 13 nitrogen and oxygen atoms in total. The summed E-state index contributed by atoms with van der Waals surface area (Å²) in [6, 6.07) is -0.260. The van der Waals surface area contributed by atoms with Crippen LogP contribution in [-0.4, -0.2) is 124 Å². The molecule has 5 N–H and O–H groups in total. The van der Waals surface area contributed by atoms with Gasteiger partial charge in [0.25, 0.3) is 0 Å². The molecule has 4 aliphatic heterocycles. The number of esters is 1. The summed E-state index contributed by atoms with van der Waals surface area (Å²) < 4.78 is 44.8. The zero-order chi connectivity index (χ0) is 37.5. The average Bonchev–Trinajstić information content (AvgIpc) is 3.37. The van der Waals surface area contributed by atoms with Crippen LogP contribution in [0.2, 0.25) is 0 Å². The molecule has 4 rings (SSSR count). The van der Waals surface area contributed by atoms with Crippen LogP contribution in [0, 0.1) is 17.8 Å². The second-order valence-corrected chi connectivity index (χ2v) is 16.0. The first-order chi connectivity index (χ1) is 23.2. The second-order valence-electron chi connectivity index (χ2n) is 16.0. The predicted molar refractivity (Wildman–Crippen MR) is 184 cm³/mol. The van der Waals surface area contributed by atoms with E-state index in [0.717, 1.165) is 5.57 Å². The summed E-state index contributed by atoms with van der Waals surface area (Å²) in [6.07, 6.45) is -7.27. The first kappa shape index (κ1) is 41.4. The molecule has 0 radical (unpaired) electrons. The van der Waals surface area contributed by atoms with Gasteiger partial charge < -0.3 is 58.9 Å². The first-order valence-electron chi connectivity index (χ1n) is 18.5. The molecule has 17 atom stereocenters. The van der Waals surface area contributed by atoms with Crippen LogP contribution in [0.15, 0.2) is 11.3 Å². The molecule has 4 aliphatic rings. The lowest BCUT2D eigenvalue weighted by molar-refractivity contribution is -0.314. The van der Waals surface area contributed by atoms with E-state index in [-0.39, 0.29) is 25.0 Å². The maximum absolute atomic E-state index is 14.3. The van der Waals surface area contributed by atoms with Gasteiger partial charge in [-0.05, 0) is 73.4 Å². The molecule has 50 heavy (non-hydrogen) atoms. The Bertz CT molecular complexity index is 1200. The highest BCUT2D eigenvalue weighted by Crippen LogP contribution is 2.48. The van der Waals surface area contributed by atoms with Gasteiger partial charge in [-0.15, -0.1) is 0 Å². The maximum atomic E-state index is 14.3. The van der Waals surface area contributed by atoms with E-state index in [4.69, 9.17) is 33.2 Å². The number of likely N-dealkylation sites (N-methyl/N-ethyl adjacent to an activating group) is 1. The van der Waals surface area contributed by atoms with E-state index in [1.165, 1.54) is 14.0 Å². The Morgan fingerprint density at radius 1 is 1.06 bits per heavy atom. The van der Waals surface area contributed by atoms with Crippen molar-refractivity contribution in [3.63, 3.8) is 0 Å². The van der Waals surface area contributed by atoms with Crippen molar-refractivity contribution in [2.45, 2.75) is 186 Å². The van der Waals surface area contributed by atoms with Gasteiger partial charge in [0.05, 0.1) is 41.9 Å². The number of hydrogen-bond acceptors (Lipinski definition) is 13. The lowest BCUT2D eigenvalue weighted by Crippen LogP contribution is -2.60. The van der Waals surface area contributed by atoms with E-state index < -0.39 is 95.8 Å². The minimum Gasteiger partial charge on any atom is -0.488 e. The molecule has 0 spiro atoms. The summed E-state index contributed by atoms with van der Waals surface area (Å²) in [5.41, 5.74) is -2.95. The highest BCUT2D eigenvalue weighted by atomic mass is 16.7. The number of aliphatic hydroxyl groups excluding tert-OH is 3. The minimum absolute atomic E-state index is 0.174. The average molecular weight is 716 g/mol. The van der Waals surface area contributed by atoms with E-state index in [0.29, 0.717) is 25.1 Å². The molecular formula is C37H65NO12. The van der Waals surface area contributed by atoms with Crippen LogP contribution >= 0.6 is 0 Å². The smallest absolute Gasteiger partial charge is 0.311 e. The van der Waals surface area contributed by atoms with Crippen molar-refractivity contribution in [3.8, 4) is 0 Å². The predicted octanol–water partition coefficient (Wildman–Crippen LogP) is 2.94. The van der Waals surface area contributed by atoms with Gasteiger partial charge in [0, 0.05) is 31.9 Å². The largest absolute Gasteiger partial charge is 0.488 e. The van der Waals surface area contributed by atoms with Crippen LogP contribution in [0.1, 0.15) is 102 Å². The number of methoxy groups -OCH3 is 1. The van der Waals surface area contributed by atoms with Gasteiger partial charge >= 0.3 is 5.97 Å². The van der Waals surface area contributed by atoms with E-state index in [9.17, 15) is 25.2 Å². The Morgan fingerprint density at radius 3 is 2.32 bits per heavy atom. The van der Waals surface area contributed by atoms with E-state index in [2.05, 4.69) is 5.32 Å². The van der Waals surface area contributed by atoms with Crippen molar-refractivity contribution in [1.82, 2.24) is 5.32 Å². The summed E-state index contributed by atoms with van der Waals surface area (Å²) in [5.74, 6) is -2.26. The maximum Gasteiger partial charge on any atom is 0.311 e. The lowest BCUT2D eigenvalue weighted by Gasteiger charge is -2.48. The van der Waals surface area contributed by atoms with Crippen LogP contribution in [-0.2, 0) is 38.0 Å². The third-order valence-electron chi connectivity index (χ3n) is 11.8. The Morgan fingerprint density at radius 2 is 1.72 bits per heavy atom. The number of nitrogens with one attached hydrogen (secondary N) is 1. The van der Waals surface area contributed by atoms with Crippen LogP contribution in [0.4, 0.5) is 0 Å². The Labute approximate surface area is 298 Å². The summed E-state index contributed by atoms with van der Waals surface area (Å²) in [6.45, 7) is 20.6. The fraction of sp³-hybridized carbons (Fsp3) is 0.919. The second kappa shape index (κ2) is 15.9. The molecule has 0 aromatic heterocycles. The Balaban J connectivity index is 1.82. The molecule has 290 valence electrons. The van der Waals surface area contributed by atoms with Gasteiger partial charge in [-0.2, -0.15) is 0 Å². The number of carbonyl (C=O) groups is 1. The molecule has 13 heteroatoms. The van der Waals surface area contributed by atoms with Crippen molar-refractivity contribution in [2.75, 3.05) is 13.7 Å². The third kappa shape index (κ3) is 8.07. The molecular weight excluding hydrogens is 650 g/mol. The van der Waals surface area contributed by atoms with Crippen molar-refractivity contribution >= 4 is 5.97 Å². The molecule has 0 aromatic rings. The number of cyclic esters (lactones) is 1. The fourth-order valence-electron chi connectivity index (χ4n) is 8.70. The fourth-order valence-corrected chi connectivity index (χ4v) is 8.70. The lowest BCUT2D eigenvalue weighted by atomic mass is 9.78. The normalized spacial score (nSPS) is 46.4. The number of fused-ring (bicyclic) bond motifs is 2. The first-order valence-corrected chi connectivity index (χ1v) is 18.5. The van der Waals surface area contributed by atoms with E-state index in [1.54, 1.807) is 27.7 Å². The van der Waals surface area contributed by atoms with Crippen LogP contribution in [0.25, 0.3) is 0 Å². The molecule has 3 saturated heterocycles. The third-order valence-corrected chi connectivity index (χ3v) is 11.8. The Hall–Kier alpha value is -1.39. The highest BCUT2D eigenvalue weighted by Gasteiger charge is 2.56. The van der Waals surface area contributed by atoms with Crippen LogP contribution in [0.3, 0.4) is 0 Å². The van der Waals surface area contributed by atoms with E-state index >= 15 is 0 Å². The number of hydrogen-bond donors (Lipinski definition) is 5. The molecule has 3 fully saturated rings. The molecule has 6 unspecified atom stereocenters. The topological polar surface area (TPSA) is 175 Å². The van der Waals surface area contributed by atoms with Gasteiger partial charge in [0.15, 0.2) is 12.6 Å². The zero-order valence-electron chi connectivity index (χ0n) is 32.2. The van der Waals surface area contributed by atoms with Crippen LogP contribution in [0.5, 0.6) is 0 Å². The standard InChI is InChI=1S/C37H65NO12/c1-13-25(39)37(11,43)32-20(5)28-18(3)16-36(10,50-28)31(49-34-27(40)24(38-14-2)15-19(4)45-34)21(6)29(22(7)33(42)48-32)47-26-17-35(9,44-12)30(41)23(8)46-26/h19-27,29-32,34,38-41,43H,13-17H2,1-12H3/t19?,20-,21-,22+,23?,24?,25+,26-,27?,29-,30-,31+,32+,34-,35?,36?,37+/m0/s1. The quantitative estimate of drug-likeness (QED) is 0.209. The number of rotatable bonds is 10. The Kier molecular flexibility index (Phi) is 13.2. The molecule has 0 saturated carbocycles.